The van der Waals surface area contributed by atoms with Gasteiger partial charge in [-0.3, -0.25) is 0 Å². The first-order valence-electron chi connectivity index (χ1n) is 7.57. The number of hydrogen-bond acceptors (Lipinski definition) is 2. The van der Waals surface area contributed by atoms with Gasteiger partial charge < -0.3 is 10.1 Å². The Bertz CT molecular complexity index is 578. The van der Waals surface area contributed by atoms with Crippen LogP contribution < -0.4 is 5.32 Å². The summed E-state index contributed by atoms with van der Waals surface area (Å²) in [5, 5.41) is 6.30. The molecule has 1 unspecified atom stereocenters. The number of nitrogens with one attached hydrogen (secondary N) is 1. The zero-order valence-corrected chi connectivity index (χ0v) is 12.4. The van der Waals surface area contributed by atoms with Gasteiger partial charge in [-0.2, -0.15) is 0 Å². The second-order valence-electron chi connectivity index (χ2n) is 5.68. The van der Waals surface area contributed by atoms with Crippen LogP contribution in [0.1, 0.15) is 37.8 Å². The van der Waals surface area contributed by atoms with Gasteiger partial charge in [0.1, 0.15) is 0 Å². The molecule has 3 rings (SSSR count). The van der Waals surface area contributed by atoms with Gasteiger partial charge in [0.15, 0.2) is 0 Å². The number of rotatable bonds is 5. The van der Waals surface area contributed by atoms with E-state index in [9.17, 15) is 0 Å². The van der Waals surface area contributed by atoms with Crippen LogP contribution in [0.25, 0.3) is 10.8 Å². The molecule has 2 heteroatoms. The normalized spacial score (nSPS) is 18.7. The molecule has 0 bridgehead atoms. The molecule has 106 valence electrons. The molecular formula is C18H23NO. The van der Waals surface area contributed by atoms with Crippen molar-refractivity contribution >= 4 is 10.8 Å². The molecule has 2 nitrogen and oxygen atoms in total. The molecule has 2 aromatic carbocycles. The highest BCUT2D eigenvalue weighted by atomic mass is 16.5. The van der Waals surface area contributed by atoms with Gasteiger partial charge in [0.25, 0.3) is 0 Å². The third kappa shape index (κ3) is 2.13. The number of ether oxygens (including phenoxy) is 1. The number of methoxy groups -OCH3 is 1. The van der Waals surface area contributed by atoms with Crippen LogP contribution in [0, 0.1) is 0 Å². The van der Waals surface area contributed by atoms with Gasteiger partial charge in [-0.1, -0.05) is 49.4 Å². The van der Waals surface area contributed by atoms with Gasteiger partial charge in [-0.05, 0) is 42.1 Å². The summed E-state index contributed by atoms with van der Waals surface area (Å²) in [5.74, 6) is 0. The monoisotopic (exact) mass is 269 g/mol. The van der Waals surface area contributed by atoms with Crippen LogP contribution in [-0.4, -0.2) is 19.3 Å². The minimum Gasteiger partial charge on any atom is -0.376 e. The second kappa shape index (κ2) is 5.55. The number of fused-ring (bicyclic) bond motifs is 1. The van der Waals surface area contributed by atoms with Crippen molar-refractivity contribution < 1.29 is 4.74 Å². The average molecular weight is 269 g/mol. The van der Waals surface area contributed by atoms with E-state index in [1.54, 1.807) is 0 Å². The highest BCUT2D eigenvalue weighted by molar-refractivity contribution is 5.86. The van der Waals surface area contributed by atoms with E-state index in [-0.39, 0.29) is 11.6 Å². The summed E-state index contributed by atoms with van der Waals surface area (Å²) in [4.78, 5) is 0. The summed E-state index contributed by atoms with van der Waals surface area (Å²) >= 11 is 0. The van der Waals surface area contributed by atoms with Crippen LogP contribution in [0.2, 0.25) is 0 Å². The Morgan fingerprint density at radius 1 is 1.15 bits per heavy atom. The Morgan fingerprint density at radius 3 is 2.55 bits per heavy atom. The van der Waals surface area contributed by atoms with E-state index in [1.807, 2.05) is 7.11 Å². The van der Waals surface area contributed by atoms with Crippen LogP contribution >= 0.6 is 0 Å². The molecule has 1 saturated carbocycles. The quantitative estimate of drug-likeness (QED) is 0.884. The molecule has 0 aromatic heterocycles. The van der Waals surface area contributed by atoms with Crippen molar-refractivity contribution in [1.29, 1.82) is 0 Å². The van der Waals surface area contributed by atoms with Crippen molar-refractivity contribution in [3.05, 3.63) is 48.0 Å². The van der Waals surface area contributed by atoms with Gasteiger partial charge in [0.05, 0.1) is 11.6 Å². The molecule has 0 radical (unpaired) electrons. The lowest BCUT2D eigenvalue weighted by Gasteiger charge is -2.47. The second-order valence-corrected chi connectivity index (χ2v) is 5.68. The summed E-state index contributed by atoms with van der Waals surface area (Å²) in [6, 6.07) is 15.5. The molecule has 2 aromatic rings. The largest absolute Gasteiger partial charge is 0.376 e. The molecule has 1 atom stereocenters. The van der Waals surface area contributed by atoms with Crippen molar-refractivity contribution in [3.63, 3.8) is 0 Å². The zero-order valence-electron chi connectivity index (χ0n) is 12.4. The Kier molecular flexibility index (Phi) is 3.77. The molecule has 20 heavy (non-hydrogen) atoms. The van der Waals surface area contributed by atoms with E-state index in [0.717, 1.165) is 19.4 Å². The molecule has 0 heterocycles. The Balaban J connectivity index is 2.10. The number of hydrogen-bond donors (Lipinski definition) is 1. The molecule has 0 aliphatic heterocycles. The highest BCUT2D eigenvalue weighted by Gasteiger charge is 2.45. The summed E-state index contributed by atoms with van der Waals surface area (Å²) < 4.78 is 5.93. The van der Waals surface area contributed by atoms with Crippen LogP contribution in [0.4, 0.5) is 0 Å². The molecular weight excluding hydrogens is 246 g/mol. The summed E-state index contributed by atoms with van der Waals surface area (Å²) in [6.45, 7) is 3.12. The third-order valence-electron chi connectivity index (χ3n) is 4.68. The van der Waals surface area contributed by atoms with Gasteiger partial charge in [-0.15, -0.1) is 0 Å². The molecule has 0 amide bonds. The van der Waals surface area contributed by atoms with Gasteiger partial charge in [-0.25, -0.2) is 0 Å². The lowest BCUT2D eigenvalue weighted by Crippen LogP contribution is -2.50. The molecule has 1 fully saturated rings. The van der Waals surface area contributed by atoms with E-state index in [1.165, 1.54) is 22.8 Å². The lowest BCUT2D eigenvalue weighted by atomic mass is 9.71. The minimum atomic E-state index is -0.0276. The molecule has 1 aliphatic carbocycles. The van der Waals surface area contributed by atoms with Crippen LogP contribution in [0.15, 0.2) is 42.5 Å². The molecule has 1 N–H and O–H groups in total. The highest BCUT2D eigenvalue weighted by Crippen LogP contribution is 2.46. The standard InChI is InChI=1S/C18H23NO/c1-3-19-17(18(20-2)12-7-13-18)16-11-6-9-14-8-4-5-10-15(14)16/h4-6,8-11,17,19H,3,7,12-13H2,1-2H3. The fourth-order valence-electron chi connectivity index (χ4n) is 3.42. The first-order valence-corrected chi connectivity index (χ1v) is 7.57. The Hall–Kier alpha value is -1.38. The van der Waals surface area contributed by atoms with Crippen molar-refractivity contribution in [2.75, 3.05) is 13.7 Å². The van der Waals surface area contributed by atoms with Crippen molar-refractivity contribution in [3.8, 4) is 0 Å². The van der Waals surface area contributed by atoms with Crippen LogP contribution in [0.5, 0.6) is 0 Å². The minimum absolute atomic E-state index is 0.0276. The predicted octanol–water partition coefficient (Wildman–Crippen LogP) is 4.06. The van der Waals surface area contributed by atoms with Gasteiger partial charge in [0, 0.05) is 7.11 Å². The average Bonchev–Trinajstić information content (AvgIpc) is 2.45. The maximum absolute atomic E-state index is 5.93. The smallest absolute Gasteiger partial charge is 0.0872 e. The molecule has 0 spiro atoms. The maximum atomic E-state index is 5.93. The van der Waals surface area contributed by atoms with Gasteiger partial charge in [0.2, 0.25) is 0 Å². The Morgan fingerprint density at radius 2 is 1.90 bits per heavy atom. The van der Waals surface area contributed by atoms with Crippen LogP contribution in [0.3, 0.4) is 0 Å². The zero-order chi connectivity index (χ0) is 14.0. The predicted molar refractivity (Wildman–Crippen MR) is 84.0 cm³/mol. The van der Waals surface area contributed by atoms with Crippen LogP contribution in [-0.2, 0) is 4.74 Å². The van der Waals surface area contributed by atoms with E-state index in [2.05, 4.69) is 54.7 Å². The SMILES string of the molecule is CCNC(c1cccc2ccccc12)C1(OC)CCC1. The molecule has 1 aliphatic rings. The lowest BCUT2D eigenvalue weighted by molar-refractivity contribution is -0.0991. The first kappa shape index (κ1) is 13.6. The van der Waals surface area contributed by atoms with Crippen molar-refractivity contribution in [2.45, 2.75) is 37.8 Å². The summed E-state index contributed by atoms with van der Waals surface area (Å²) in [7, 11) is 1.86. The van der Waals surface area contributed by atoms with Gasteiger partial charge >= 0.3 is 0 Å². The fraction of sp³-hybridized carbons (Fsp3) is 0.444. The third-order valence-corrected chi connectivity index (χ3v) is 4.68. The first-order chi connectivity index (χ1) is 9.80. The van der Waals surface area contributed by atoms with Crippen molar-refractivity contribution in [2.24, 2.45) is 0 Å². The fourth-order valence-corrected chi connectivity index (χ4v) is 3.42. The van der Waals surface area contributed by atoms with E-state index in [4.69, 9.17) is 4.74 Å². The van der Waals surface area contributed by atoms with Crippen molar-refractivity contribution in [1.82, 2.24) is 5.32 Å². The Labute approximate surface area is 121 Å². The van der Waals surface area contributed by atoms with E-state index in [0.29, 0.717) is 0 Å². The number of likely N-dealkylation sites (N-methyl/N-ethyl adjacent to an activating group) is 1. The van der Waals surface area contributed by atoms with E-state index < -0.39 is 0 Å². The number of benzene rings is 2. The van der Waals surface area contributed by atoms with E-state index >= 15 is 0 Å². The molecule has 0 saturated heterocycles. The summed E-state index contributed by atoms with van der Waals surface area (Å²) in [5.41, 5.74) is 1.34. The summed E-state index contributed by atoms with van der Waals surface area (Å²) in [6.07, 6.45) is 3.55. The topological polar surface area (TPSA) is 21.3 Å². The maximum Gasteiger partial charge on any atom is 0.0872 e.